The number of aromatic carboxylic acids is 1. The molecule has 0 radical (unpaired) electrons. The Labute approximate surface area is 207 Å². The fourth-order valence-corrected chi connectivity index (χ4v) is 5.12. The zero-order valence-corrected chi connectivity index (χ0v) is 20.3. The zero-order chi connectivity index (χ0) is 25.6. The fourth-order valence-electron chi connectivity index (χ4n) is 5.12. The Bertz CT molecular complexity index is 1270. The number of anilines is 1. The first kappa shape index (κ1) is 24.2. The van der Waals surface area contributed by atoms with Crippen LogP contribution in [-0.2, 0) is 9.59 Å². The quantitative estimate of drug-likeness (QED) is 0.654. The average Bonchev–Trinajstić information content (AvgIpc) is 3.70. The van der Waals surface area contributed by atoms with Gasteiger partial charge in [-0.3, -0.25) is 19.3 Å². The number of carbonyl (C=O) groups excluding carboxylic acids is 2. The van der Waals surface area contributed by atoms with Crippen molar-refractivity contribution in [2.24, 2.45) is 0 Å². The molecule has 36 heavy (non-hydrogen) atoms. The smallest absolute Gasteiger partial charge is 0.341 e. The Morgan fingerprint density at radius 2 is 1.61 bits per heavy atom. The van der Waals surface area contributed by atoms with Crippen LogP contribution in [0.3, 0.4) is 0 Å². The number of carboxylic acid groups (broad SMARTS) is 1. The molecule has 1 aromatic carbocycles. The van der Waals surface area contributed by atoms with Gasteiger partial charge in [0.05, 0.1) is 17.7 Å². The summed E-state index contributed by atoms with van der Waals surface area (Å²) in [5, 5.41) is 9.49. The van der Waals surface area contributed by atoms with E-state index in [1.807, 2.05) is 4.90 Å². The molecule has 1 aromatic heterocycles. The molecule has 3 aliphatic rings. The van der Waals surface area contributed by atoms with Crippen molar-refractivity contribution in [1.29, 1.82) is 0 Å². The number of amides is 2. The molecule has 192 valence electrons. The normalized spacial score (nSPS) is 19.1. The highest BCUT2D eigenvalue weighted by Gasteiger charge is 2.29. The SMILES string of the molecule is CC(=O)N1CCN(CC(=O)N2CCN(c3cc4c(cc3F)c(=O)c(C(=O)O)cn4C3CC3)CC2)CC1. The Hall–Kier alpha value is -3.47. The summed E-state index contributed by atoms with van der Waals surface area (Å²) in [4.78, 5) is 56.1. The predicted octanol–water partition coefficient (Wildman–Crippen LogP) is 0.986. The third-order valence-electron chi connectivity index (χ3n) is 7.42. The number of carbonyl (C=O) groups is 3. The van der Waals surface area contributed by atoms with Gasteiger partial charge in [-0.1, -0.05) is 0 Å². The number of benzene rings is 1. The number of rotatable bonds is 5. The van der Waals surface area contributed by atoms with E-state index >= 15 is 4.39 Å². The number of halogens is 1. The molecule has 2 aliphatic heterocycles. The van der Waals surface area contributed by atoms with Crippen LogP contribution in [0.25, 0.3) is 10.9 Å². The Kier molecular flexibility index (Phi) is 6.42. The molecule has 11 heteroatoms. The lowest BCUT2D eigenvalue weighted by Gasteiger charge is -2.38. The van der Waals surface area contributed by atoms with Gasteiger partial charge in [0.15, 0.2) is 0 Å². The first-order valence-corrected chi connectivity index (χ1v) is 12.3. The highest BCUT2D eigenvalue weighted by atomic mass is 19.1. The van der Waals surface area contributed by atoms with Gasteiger partial charge < -0.3 is 24.4 Å². The van der Waals surface area contributed by atoms with Gasteiger partial charge >= 0.3 is 5.97 Å². The molecule has 0 unspecified atom stereocenters. The molecule has 1 saturated carbocycles. The number of nitrogens with zero attached hydrogens (tertiary/aromatic N) is 5. The summed E-state index contributed by atoms with van der Waals surface area (Å²) in [6, 6.07) is 2.90. The van der Waals surface area contributed by atoms with Crippen LogP contribution in [0.1, 0.15) is 36.2 Å². The molecule has 1 aliphatic carbocycles. The highest BCUT2D eigenvalue weighted by Crippen LogP contribution is 2.38. The molecule has 0 atom stereocenters. The maximum atomic E-state index is 15.2. The van der Waals surface area contributed by atoms with Crippen LogP contribution in [0.5, 0.6) is 0 Å². The predicted molar refractivity (Wildman–Crippen MR) is 131 cm³/mol. The summed E-state index contributed by atoms with van der Waals surface area (Å²) in [5.41, 5.74) is -0.144. The van der Waals surface area contributed by atoms with Crippen molar-refractivity contribution in [3.8, 4) is 0 Å². The van der Waals surface area contributed by atoms with Gasteiger partial charge in [-0.25, -0.2) is 9.18 Å². The molecule has 0 bridgehead atoms. The highest BCUT2D eigenvalue weighted by molar-refractivity contribution is 5.93. The third-order valence-corrected chi connectivity index (χ3v) is 7.42. The van der Waals surface area contributed by atoms with E-state index in [9.17, 15) is 24.3 Å². The first-order chi connectivity index (χ1) is 17.2. The Morgan fingerprint density at radius 1 is 0.972 bits per heavy atom. The molecule has 2 aromatic rings. The molecule has 3 fully saturated rings. The summed E-state index contributed by atoms with van der Waals surface area (Å²) >= 11 is 0. The second-order valence-corrected chi connectivity index (χ2v) is 9.79. The van der Waals surface area contributed by atoms with Crippen molar-refractivity contribution < 1.29 is 23.9 Å². The van der Waals surface area contributed by atoms with Gasteiger partial charge in [0.25, 0.3) is 0 Å². The van der Waals surface area contributed by atoms with E-state index in [-0.39, 0.29) is 28.8 Å². The number of carboxylic acids is 1. The topological polar surface area (TPSA) is 106 Å². The Morgan fingerprint density at radius 3 is 2.19 bits per heavy atom. The molecule has 3 heterocycles. The lowest BCUT2D eigenvalue weighted by Crippen LogP contribution is -2.54. The summed E-state index contributed by atoms with van der Waals surface area (Å²) in [7, 11) is 0. The minimum Gasteiger partial charge on any atom is -0.477 e. The largest absolute Gasteiger partial charge is 0.477 e. The summed E-state index contributed by atoms with van der Waals surface area (Å²) in [6.45, 7) is 6.25. The number of piperazine rings is 2. The fraction of sp³-hybridized carbons (Fsp3) is 0.520. The van der Waals surface area contributed by atoms with Gasteiger partial charge in [0, 0.05) is 76.9 Å². The molecular formula is C25H30FN5O5. The maximum Gasteiger partial charge on any atom is 0.341 e. The van der Waals surface area contributed by atoms with E-state index in [0.29, 0.717) is 70.1 Å². The van der Waals surface area contributed by atoms with Crippen LogP contribution < -0.4 is 10.3 Å². The van der Waals surface area contributed by atoms with E-state index < -0.39 is 17.2 Å². The van der Waals surface area contributed by atoms with Crippen LogP contribution in [0.2, 0.25) is 0 Å². The molecule has 5 rings (SSSR count). The van der Waals surface area contributed by atoms with Gasteiger partial charge in [-0.05, 0) is 25.0 Å². The number of hydrogen-bond donors (Lipinski definition) is 1. The summed E-state index contributed by atoms with van der Waals surface area (Å²) < 4.78 is 17.0. The second-order valence-electron chi connectivity index (χ2n) is 9.79. The van der Waals surface area contributed by atoms with Crippen molar-refractivity contribution >= 4 is 34.4 Å². The van der Waals surface area contributed by atoms with Gasteiger partial charge in [-0.2, -0.15) is 0 Å². The van der Waals surface area contributed by atoms with E-state index in [2.05, 4.69) is 4.90 Å². The van der Waals surface area contributed by atoms with Gasteiger partial charge in [0.2, 0.25) is 17.2 Å². The minimum atomic E-state index is -1.32. The van der Waals surface area contributed by atoms with Crippen LogP contribution >= 0.6 is 0 Å². The van der Waals surface area contributed by atoms with Crippen LogP contribution in [0.4, 0.5) is 10.1 Å². The summed E-state index contributed by atoms with van der Waals surface area (Å²) in [5.74, 6) is -1.82. The second kappa shape index (κ2) is 9.53. The molecule has 2 amide bonds. The van der Waals surface area contributed by atoms with E-state index in [4.69, 9.17) is 0 Å². The van der Waals surface area contributed by atoms with Crippen LogP contribution in [0.15, 0.2) is 23.1 Å². The van der Waals surface area contributed by atoms with Crippen LogP contribution in [-0.4, -0.2) is 101 Å². The average molecular weight is 500 g/mol. The van der Waals surface area contributed by atoms with E-state index in [0.717, 1.165) is 18.9 Å². The van der Waals surface area contributed by atoms with Gasteiger partial charge in [0.1, 0.15) is 11.4 Å². The van der Waals surface area contributed by atoms with Crippen molar-refractivity contribution in [2.45, 2.75) is 25.8 Å². The molecule has 10 nitrogen and oxygen atoms in total. The standard InChI is InChI=1S/C25H30FN5O5/c1-16(32)28-6-4-27(5-7-28)15-23(33)30-10-8-29(9-11-30)22-13-21-18(12-20(22)26)24(34)19(25(35)36)14-31(21)17-2-3-17/h12-14,17H,2-11,15H2,1H3,(H,35,36). The van der Waals surface area contributed by atoms with Crippen molar-refractivity contribution in [3.05, 3.63) is 39.9 Å². The first-order valence-electron chi connectivity index (χ1n) is 12.3. The lowest BCUT2D eigenvalue weighted by molar-refractivity contribution is -0.134. The number of fused-ring (bicyclic) bond motifs is 1. The molecule has 0 spiro atoms. The van der Waals surface area contributed by atoms with E-state index in [1.54, 1.807) is 27.4 Å². The lowest BCUT2D eigenvalue weighted by atomic mass is 10.1. The number of aromatic nitrogens is 1. The Balaban J connectivity index is 1.28. The molecule has 2 saturated heterocycles. The molecule has 1 N–H and O–H groups in total. The molecular weight excluding hydrogens is 469 g/mol. The van der Waals surface area contributed by atoms with Crippen molar-refractivity contribution in [1.82, 2.24) is 19.3 Å². The van der Waals surface area contributed by atoms with Crippen LogP contribution in [0, 0.1) is 5.82 Å². The van der Waals surface area contributed by atoms with Gasteiger partial charge in [-0.15, -0.1) is 0 Å². The maximum absolute atomic E-state index is 15.2. The van der Waals surface area contributed by atoms with Crippen molar-refractivity contribution in [3.63, 3.8) is 0 Å². The minimum absolute atomic E-state index is 0.0219. The zero-order valence-electron chi connectivity index (χ0n) is 20.3. The van der Waals surface area contributed by atoms with Crippen molar-refractivity contribution in [2.75, 3.05) is 63.8 Å². The number of pyridine rings is 1. The van der Waals surface area contributed by atoms with E-state index in [1.165, 1.54) is 6.20 Å². The third kappa shape index (κ3) is 4.67. The number of hydrogen-bond acceptors (Lipinski definition) is 6. The monoisotopic (exact) mass is 499 g/mol. The summed E-state index contributed by atoms with van der Waals surface area (Å²) in [6.07, 6.45) is 3.14.